The highest BCUT2D eigenvalue weighted by molar-refractivity contribution is 5.73. The largest absolute Gasteiger partial charge is 0.480 e. The van der Waals surface area contributed by atoms with Crippen molar-refractivity contribution in [2.45, 2.75) is 40.3 Å². The predicted molar refractivity (Wildman–Crippen MR) is 69.0 cm³/mol. The molecule has 0 bridgehead atoms. The number of hydrogen-bond acceptors (Lipinski definition) is 2. The number of rotatable bonds is 5. The maximum absolute atomic E-state index is 11.0. The molecular formula is C14H21NO2. The number of aliphatic carboxylic acids is 1. The lowest BCUT2D eigenvalue weighted by Gasteiger charge is -2.18. The van der Waals surface area contributed by atoms with E-state index in [0.29, 0.717) is 6.54 Å². The highest BCUT2D eigenvalue weighted by Crippen LogP contribution is 2.10. The minimum absolute atomic E-state index is 0.0824. The summed E-state index contributed by atoms with van der Waals surface area (Å²) in [7, 11) is 0. The SMILES string of the molecule is Cc1ccc(CN[C@H](C(=O)O)C(C)C)cc1C. The topological polar surface area (TPSA) is 49.3 Å². The van der Waals surface area contributed by atoms with Crippen molar-refractivity contribution < 1.29 is 9.90 Å². The number of aryl methyl sites for hydroxylation is 2. The van der Waals surface area contributed by atoms with Crippen molar-refractivity contribution in [3.8, 4) is 0 Å². The Balaban J connectivity index is 2.65. The molecule has 0 aliphatic carbocycles. The Morgan fingerprint density at radius 1 is 1.29 bits per heavy atom. The molecular weight excluding hydrogens is 214 g/mol. The van der Waals surface area contributed by atoms with Crippen molar-refractivity contribution in [1.82, 2.24) is 5.32 Å². The van der Waals surface area contributed by atoms with E-state index in [1.807, 2.05) is 19.9 Å². The molecule has 3 nitrogen and oxygen atoms in total. The van der Waals surface area contributed by atoms with Gasteiger partial charge in [-0.2, -0.15) is 0 Å². The van der Waals surface area contributed by atoms with Crippen LogP contribution in [0.3, 0.4) is 0 Å². The van der Waals surface area contributed by atoms with Crippen molar-refractivity contribution in [3.63, 3.8) is 0 Å². The molecule has 0 aliphatic rings. The van der Waals surface area contributed by atoms with E-state index in [9.17, 15) is 4.79 Å². The van der Waals surface area contributed by atoms with E-state index in [0.717, 1.165) is 5.56 Å². The normalized spacial score (nSPS) is 12.8. The van der Waals surface area contributed by atoms with Crippen LogP contribution in [0.4, 0.5) is 0 Å². The fourth-order valence-electron chi connectivity index (χ4n) is 1.75. The number of benzene rings is 1. The molecule has 0 fully saturated rings. The average Bonchev–Trinajstić information content (AvgIpc) is 2.22. The Kier molecular flexibility index (Phi) is 4.70. The van der Waals surface area contributed by atoms with Gasteiger partial charge < -0.3 is 10.4 Å². The lowest BCUT2D eigenvalue weighted by atomic mass is 10.0. The summed E-state index contributed by atoms with van der Waals surface area (Å²) in [5.74, 6) is -0.706. The third-order valence-electron chi connectivity index (χ3n) is 3.03. The van der Waals surface area contributed by atoms with Crippen molar-refractivity contribution >= 4 is 5.97 Å². The first kappa shape index (κ1) is 13.7. The second-order valence-electron chi connectivity index (χ2n) is 4.86. The van der Waals surface area contributed by atoms with Crippen LogP contribution in [0.1, 0.15) is 30.5 Å². The molecule has 0 saturated heterocycles. The number of carboxylic acids is 1. The van der Waals surface area contributed by atoms with E-state index < -0.39 is 12.0 Å². The molecule has 0 spiro atoms. The van der Waals surface area contributed by atoms with Crippen molar-refractivity contribution in [2.75, 3.05) is 0 Å². The van der Waals surface area contributed by atoms with Crippen LogP contribution in [-0.2, 0) is 11.3 Å². The third-order valence-corrected chi connectivity index (χ3v) is 3.03. The van der Waals surface area contributed by atoms with Crippen LogP contribution in [0.15, 0.2) is 18.2 Å². The second-order valence-corrected chi connectivity index (χ2v) is 4.86. The van der Waals surface area contributed by atoms with Crippen LogP contribution < -0.4 is 5.32 Å². The van der Waals surface area contributed by atoms with Crippen LogP contribution in [0.2, 0.25) is 0 Å². The standard InChI is InChI=1S/C14H21NO2/c1-9(2)13(14(16)17)15-8-12-6-5-10(3)11(4)7-12/h5-7,9,13,15H,8H2,1-4H3,(H,16,17)/t13-/m0/s1. The molecule has 1 aromatic carbocycles. The van der Waals surface area contributed by atoms with E-state index in [-0.39, 0.29) is 5.92 Å². The van der Waals surface area contributed by atoms with Crippen LogP contribution >= 0.6 is 0 Å². The van der Waals surface area contributed by atoms with Gasteiger partial charge in [0.05, 0.1) is 0 Å². The molecule has 0 amide bonds. The van der Waals surface area contributed by atoms with E-state index in [1.54, 1.807) is 0 Å². The van der Waals surface area contributed by atoms with Gasteiger partial charge in [-0.3, -0.25) is 4.79 Å². The zero-order valence-electron chi connectivity index (χ0n) is 10.9. The highest BCUT2D eigenvalue weighted by Gasteiger charge is 2.20. The number of nitrogens with one attached hydrogen (secondary N) is 1. The van der Waals surface area contributed by atoms with Gasteiger partial charge in [0.1, 0.15) is 6.04 Å². The van der Waals surface area contributed by atoms with Gasteiger partial charge in [0.25, 0.3) is 0 Å². The molecule has 0 saturated carbocycles. The fraction of sp³-hybridized carbons (Fsp3) is 0.500. The number of hydrogen-bond donors (Lipinski definition) is 2. The van der Waals surface area contributed by atoms with E-state index in [2.05, 4.69) is 31.3 Å². The quantitative estimate of drug-likeness (QED) is 0.824. The first-order chi connectivity index (χ1) is 7.91. The van der Waals surface area contributed by atoms with Crippen molar-refractivity contribution in [3.05, 3.63) is 34.9 Å². The second kappa shape index (κ2) is 5.82. The first-order valence-corrected chi connectivity index (χ1v) is 5.94. The molecule has 17 heavy (non-hydrogen) atoms. The minimum atomic E-state index is -0.788. The molecule has 94 valence electrons. The zero-order chi connectivity index (χ0) is 13.0. The lowest BCUT2D eigenvalue weighted by Crippen LogP contribution is -2.40. The zero-order valence-corrected chi connectivity index (χ0v) is 10.9. The fourth-order valence-corrected chi connectivity index (χ4v) is 1.75. The van der Waals surface area contributed by atoms with E-state index in [1.165, 1.54) is 11.1 Å². The van der Waals surface area contributed by atoms with Crippen LogP contribution in [0.25, 0.3) is 0 Å². The molecule has 0 aromatic heterocycles. The van der Waals surface area contributed by atoms with Crippen LogP contribution in [-0.4, -0.2) is 17.1 Å². The van der Waals surface area contributed by atoms with E-state index >= 15 is 0 Å². The van der Waals surface area contributed by atoms with Gasteiger partial charge in [-0.05, 0) is 36.5 Å². The van der Waals surface area contributed by atoms with Gasteiger partial charge in [-0.25, -0.2) is 0 Å². The number of carboxylic acid groups (broad SMARTS) is 1. The van der Waals surface area contributed by atoms with Gasteiger partial charge in [0.2, 0.25) is 0 Å². The summed E-state index contributed by atoms with van der Waals surface area (Å²) in [6, 6.07) is 5.71. The molecule has 1 aromatic rings. The van der Waals surface area contributed by atoms with Crippen molar-refractivity contribution in [1.29, 1.82) is 0 Å². The Morgan fingerprint density at radius 3 is 2.41 bits per heavy atom. The highest BCUT2D eigenvalue weighted by atomic mass is 16.4. The maximum Gasteiger partial charge on any atom is 0.320 e. The predicted octanol–water partition coefficient (Wildman–Crippen LogP) is 2.50. The smallest absolute Gasteiger partial charge is 0.320 e. The first-order valence-electron chi connectivity index (χ1n) is 5.94. The molecule has 0 heterocycles. The van der Waals surface area contributed by atoms with Crippen LogP contribution in [0, 0.1) is 19.8 Å². The van der Waals surface area contributed by atoms with Gasteiger partial charge in [0, 0.05) is 6.54 Å². The molecule has 0 radical (unpaired) electrons. The average molecular weight is 235 g/mol. The van der Waals surface area contributed by atoms with E-state index in [4.69, 9.17) is 5.11 Å². The molecule has 0 unspecified atom stereocenters. The Morgan fingerprint density at radius 2 is 1.94 bits per heavy atom. The molecule has 2 N–H and O–H groups in total. The van der Waals surface area contributed by atoms with Crippen molar-refractivity contribution in [2.24, 2.45) is 5.92 Å². The monoisotopic (exact) mass is 235 g/mol. The lowest BCUT2D eigenvalue weighted by molar-refractivity contribution is -0.140. The summed E-state index contributed by atoms with van der Waals surface area (Å²) in [5.41, 5.74) is 3.62. The number of carbonyl (C=O) groups is 1. The van der Waals surface area contributed by atoms with Gasteiger partial charge in [-0.1, -0.05) is 32.0 Å². The summed E-state index contributed by atoms with van der Waals surface area (Å²) in [6.45, 7) is 8.55. The minimum Gasteiger partial charge on any atom is -0.480 e. The van der Waals surface area contributed by atoms with Crippen LogP contribution in [0.5, 0.6) is 0 Å². The van der Waals surface area contributed by atoms with Gasteiger partial charge >= 0.3 is 5.97 Å². The Bertz CT molecular complexity index is 399. The summed E-state index contributed by atoms with van der Waals surface area (Å²) < 4.78 is 0. The Labute approximate surface area is 103 Å². The molecule has 1 atom stereocenters. The summed E-state index contributed by atoms with van der Waals surface area (Å²) in [6.07, 6.45) is 0. The van der Waals surface area contributed by atoms with Gasteiger partial charge in [-0.15, -0.1) is 0 Å². The third kappa shape index (κ3) is 3.86. The molecule has 0 aliphatic heterocycles. The summed E-state index contributed by atoms with van der Waals surface area (Å²) in [5, 5.41) is 12.1. The summed E-state index contributed by atoms with van der Waals surface area (Å²) in [4.78, 5) is 11.0. The van der Waals surface area contributed by atoms with Gasteiger partial charge in [0.15, 0.2) is 0 Å². The Hall–Kier alpha value is -1.35. The molecule has 1 rings (SSSR count). The summed E-state index contributed by atoms with van der Waals surface area (Å²) >= 11 is 0. The maximum atomic E-state index is 11.0. The molecule has 3 heteroatoms.